The summed E-state index contributed by atoms with van der Waals surface area (Å²) < 4.78 is 5.46. The van der Waals surface area contributed by atoms with Crippen LogP contribution in [0.4, 0.5) is 0 Å². The van der Waals surface area contributed by atoms with Crippen LogP contribution in [-0.2, 0) is 9.53 Å². The fourth-order valence-electron chi connectivity index (χ4n) is 2.12. The van der Waals surface area contributed by atoms with E-state index in [1.165, 1.54) is 0 Å². The van der Waals surface area contributed by atoms with Gasteiger partial charge in [-0.25, -0.2) is 4.79 Å². The summed E-state index contributed by atoms with van der Waals surface area (Å²) in [5, 5.41) is 0. The van der Waals surface area contributed by atoms with Crippen molar-refractivity contribution in [1.82, 2.24) is 0 Å². The molecule has 1 aromatic carbocycles. The molecule has 0 amide bonds. The third-order valence-corrected chi connectivity index (χ3v) is 4.48. The van der Waals surface area contributed by atoms with E-state index in [4.69, 9.17) is 10.3 Å². The monoisotopic (exact) mass is 290 g/mol. The summed E-state index contributed by atoms with van der Waals surface area (Å²) in [5.41, 5.74) is 10.1. The van der Waals surface area contributed by atoms with E-state index in [-0.39, 0.29) is 22.5 Å². The number of carbonyl (C=O) groups is 1. The highest BCUT2D eigenvalue weighted by atomic mass is 32.2. The minimum Gasteiger partial charge on any atom is -0.448 e. The molecule has 0 spiro atoms. The maximum absolute atomic E-state index is 11.8. The van der Waals surface area contributed by atoms with Gasteiger partial charge in [0.2, 0.25) is 0 Å². The summed E-state index contributed by atoms with van der Waals surface area (Å²) in [6, 6.07) is 9.58. The van der Waals surface area contributed by atoms with Crippen LogP contribution in [0.5, 0.6) is 0 Å². The van der Waals surface area contributed by atoms with Crippen molar-refractivity contribution in [3.05, 3.63) is 41.4 Å². The third kappa shape index (κ3) is 3.30. The van der Waals surface area contributed by atoms with E-state index in [0.29, 0.717) is 5.75 Å². The maximum atomic E-state index is 11.8. The van der Waals surface area contributed by atoms with E-state index < -0.39 is 5.97 Å². The van der Waals surface area contributed by atoms with Crippen molar-refractivity contribution in [2.24, 2.45) is 5.92 Å². The summed E-state index contributed by atoms with van der Waals surface area (Å²) in [4.78, 5) is 15.0. The van der Waals surface area contributed by atoms with Gasteiger partial charge in [-0.1, -0.05) is 51.1 Å². The summed E-state index contributed by atoms with van der Waals surface area (Å²) in [6.07, 6.45) is -0.371. The Hall–Kier alpha value is -1.58. The molecule has 1 aliphatic rings. The topological polar surface area (TPSA) is 62.7 Å². The molecule has 0 aromatic heterocycles. The van der Waals surface area contributed by atoms with Crippen molar-refractivity contribution in [2.45, 2.75) is 31.6 Å². The Labute approximate surface area is 123 Å². The van der Waals surface area contributed by atoms with Crippen LogP contribution in [0, 0.1) is 5.92 Å². The summed E-state index contributed by atoms with van der Waals surface area (Å²) in [6.45, 7) is 6.34. The number of benzene rings is 1. The van der Waals surface area contributed by atoms with E-state index in [0.717, 1.165) is 5.56 Å². The third-order valence-electron chi connectivity index (χ3n) is 3.09. The highest BCUT2D eigenvalue weighted by Crippen LogP contribution is 2.37. The predicted molar refractivity (Wildman–Crippen MR) is 79.6 cm³/mol. The first kappa shape index (κ1) is 14.8. The quantitative estimate of drug-likeness (QED) is 0.488. The number of hydrogen-bond acceptors (Lipinski definition) is 3. The Morgan fingerprint density at radius 3 is 2.50 bits per heavy atom. The molecule has 2 atom stereocenters. The highest BCUT2D eigenvalue weighted by Gasteiger charge is 2.49. The average Bonchev–Trinajstić information content (AvgIpc) is 2.72. The molecule has 0 unspecified atom stereocenters. The first-order chi connectivity index (χ1) is 9.42. The SMILES string of the molecule is CC(C)(C)SC[C@H]1C(=[N+]=[N-])C(=O)O[C@@H]1c1ccccc1. The molecule has 1 heterocycles. The second-order valence-electron chi connectivity index (χ2n) is 5.75. The number of thioether (sulfide) groups is 1. The van der Waals surface area contributed by atoms with Gasteiger partial charge in [-0.15, -0.1) is 0 Å². The normalized spacial score (nSPS) is 22.6. The van der Waals surface area contributed by atoms with Crippen LogP contribution < -0.4 is 0 Å². The number of cyclic esters (lactones) is 1. The number of nitrogens with zero attached hydrogens (tertiary/aromatic N) is 2. The fraction of sp³-hybridized carbons (Fsp3) is 0.467. The van der Waals surface area contributed by atoms with Gasteiger partial charge in [0.05, 0.1) is 0 Å². The summed E-state index contributed by atoms with van der Waals surface area (Å²) in [7, 11) is 0. The highest BCUT2D eigenvalue weighted by molar-refractivity contribution is 8.00. The molecular formula is C15H18N2O2S. The Morgan fingerprint density at radius 2 is 1.95 bits per heavy atom. The fourth-order valence-corrected chi connectivity index (χ4v) is 3.13. The van der Waals surface area contributed by atoms with Crippen LogP contribution in [0.3, 0.4) is 0 Å². The molecule has 0 saturated carbocycles. The van der Waals surface area contributed by atoms with Gasteiger partial charge in [-0.05, 0) is 5.56 Å². The van der Waals surface area contributed by atoms with E-state index in [2.05, 4.69) is 25.6 Å². The Morgan fingerprint density at radius 1 is 1.30 bits per heavy atom. The van der Waals surface area contributed by atoms with E-state index in [1.54, 1.807) is 11.8 Å². The van der Waals surface area contributed by atoms with Crippen molar-refractivity contribution in [3.8, 4) is 0 Å². The first-order valence-corrected chi connectivity index (χ1v) is 7.53. The Balaban J connectivity index is 2.26. The lowest BCUT2D eigenvalue weighted by Gasteiger charge is -2.21. The molecule has 0 bridgehead atoms. The van der Waals surface area contributed by atoms with Crippen molar-refractivity contribution in [3.63, 3.8) is 0 Å². The smallest absolute Gasteiger partial charge is 0.418 e. The standard InChI is InChI=1S/C15H18N2O2S/c1-15(2,3)20-9-11-12(17-16)14(18)19-13(11)10-7-5-4-6-8-10/h4-8,11,13H,9H2,1-3H3/t11-,13+/m0/s1. The van der Waals surface area contributed by atoms with Crippen LogP contribution in [0.1, 0.15) is 32.4 Å². The van der Waals surface area contributed by atoms with Gasteiger partial charge in [0.15, 0.2) is 0 Å². The molecule has 1 saturated heterocycles. The first-order valence-electron chi connectivity index (χ1n) is 6.54. The molecule has 20 heavy (non-hydrogen) atoms. The van der Waals surface area contributed by atoms with Gasteiger partial charge in [0, 0.05) is 10.5 Å². The molecule has 0 aliphatic carbocycles. The van der Waals surface area contributed by atoms with Crippen LogP contribution in [0.15, 0.2) is 30.3 Å². The molecular weight excluding hydrogens is 272 g/mol. The molecule has 0 N–H and O–H groups in total. The van der Waals surface area contributed by atoms with Gasteiger partial charge in [-0.2, -0.15) is 16.6 Å². The van der Waals surface area contributed by atoms with Crippen molar-refractivity contribution in [2.75, 3.05) is 5.75 Å². The van der Waals surface area contributed by atoms with E-state index in [9.17, 15) is 4.79 Å². The van der Waals surface area contributed by atoms with Gasteiger partial charge in [0.1, 0.15) is 12.0 Å². The largest absolute Gasteiger partial charge is 0.448 e. The summed E-state index contributed by atoms with van der Waals surface area (Å²) >= 11 is 1.73. The molecule has 4 nitrogen and oxygen atoms in total. The average molecular weight is 290 g/mol. The minimum absolute atomic E-state index is 0.0768. The lowest BCUT2D eigenvalue weighted by atomic mass is 9.96. The van der Waals surface area contributed by atoms with Gasteiger partial charge in [-0.3, -0.25) is 0 Å². The van der Waals surface area contributed by atoms with Gasteiger partial charge < -0.3 is 10.3 Å². The predicted octanol–water partition coefficient (Wildman–Crippen LogP) is 3.10. The van der Waals surface area contributed by atoms with Gasteiger partial charge >= 0.3 is 11.7 Å². The van der Waals surface area contributed by atoms with Crippen molar-refractivity contribution in [1.29, 1.82) is 0 Å². The van der Waals surface area contributed by atoms with Crippen LogP contribution in [0.25, 0.3) is 5.53 Å². The zero-order chi connectivity index (χ0) is 14.8. The molecule has 2 rings (SSSR count). The zero-order valence-electron chi connectivity index (χ0n) is 11.9. The second-order valence-corrected chi connectivity index (χ2v) is 7.60. The molecule has 5 heteroatoms. The van der Waals surface area contributed by atoms with E-state index in [1.807, 2.05) is 30.3 Å². The lowest BCUT2D eigenvalue weighted by molar-refractivity contribution is -0.140. The number of ether oxygens (including phenoxy) is 1. The lowest BCUT2D eigenvalue weighted by Crippen LogP contribution is -2.23. The number of carbonyl (C=O) groups excluding carboxylic acids is 1. The molecule has 1 aromatic rings. The Bertz CT molecular complexity index is 545. The molecule has 1 aliphatic heterocycles. The summed E-state index contributed by atoms with van der Waals surface area (Å²) in [5.74, 6) is -0.0752. The van der Waals surface area contributed by atoms with Crippen LogP contribution >= 0.6 is 11.8 Å². The Kier molecular flexibility index (Phi) is 4.31. The number of rotatable bonds is 3. The van der Waals surface area contributed by atoms with E-state index >= 15 is 0 Å². The van der Waals surface area contributed by atoms with Crippen molar-refractivity contribution >= 4 is 23.4 Å². The van der Waals surface area contributed by atoms with Gasteiger partial charge in [0.25, 0.3) is 0 Å². The minimum atomic E-state index is -0.527. The molecule has 1 fully saturated rings. The van der Waals surface area contributed by atoms with Crippen molar-refractivity contribution < 1.29 is 14.3 Å². The second kappa shape index (κ2) is 5.81. The molecule has 106 valence electrons. The molecule has 0 radical (unpaired) electrons. The van der Waals surface area contributed by atoms with Crippen LogP contribution in [0.2, 0.25) is 0 Å². The van der Waals surface area contributed by atoms with Crippen LogP contribution in [-0.4, -0.2) is 27.0 Å². The maximum Gasteiger partial charge on any atom is 0.418 e. The number of hydrogen-bond donors (Lipinski definition) is 0. The number of esters is 1. The zero-order valence-corrected chi connectivity index (χ0v) is 12.7.